The number of rotatable bonds is 1. The fraction of sp³-hybridized carbons (Fsp3) is 0.333. The van der Waals surface area contributed by atoms with Crippen LogP contribution in [0.25, 0.3) is 0 Å². The second-order valence-electron chi connectivity index (χ2n) is 1.79. The number of nitrogens with one attached hydrogen (secondary N) is 2. The van der Waals surface area contributed by atoms with Crippen molar-refractivity contribution in [3.05, 3.63) is 12.7 Å². The lowest BCUT2D eigenvalue weighted by Crippen LogP contribution is -2.46. The smallest absolute Gasteiger partial charge is 0.335 e. The molecule has 0 aliphatic carbocycles. The van der Waals surface area contributed by atoms with Gasteiger partial charge in [-0.05, 0) is 6.08 Å². The summed E-state index contributed by atoms with van der Waals surface area (Å²) < 4.78 is 0. The van der Waals surface area contributed by atoms with Crippen LogP contribution in [-0.2, 0) is 4.79 Å². The summed E-state index contributed by atoms with van der Waals surface area (Å²) in [7, 11) is 2.90. The highest BCUT2D eigenvalue weighted by molar-refractivity contribution is 5.88. The first-order valence-corrected chi connectivity index (χ1v) is 3.00. The van der Waals surface area contributed by atoms with E-state index in [0.717, 1.165) is 11.1 Å². The van der Waals surface area contributed by atoms with Crippen LogP contribution in [0, 0.1) is 0 Å². The third-order valence-electron chi connectivity index (χ3n) is 0.982. The maximum Gasteiger partial charge on any atom is 0.335 e. The fourth-order valence-corrected chi connectivity index (χ4v) is 0.429. The van der Waals surface area contributed by atoms with Gasteiger partial charge >= 0.3 is 6.03 Å². The first-order valence-electron chi connectivity index (χ1n) is 3.00. The molecule has 0 radical (unpaired) electrons. The molecule has 0 fully saturated rings. The summed E-state index contributed by atoms with van der Waals surface area (Å²) in [5.41, 5.74) is 2.24. The normalized spacial score (nSPS) is 8.18. The Kier molecular flexibility index (Phi) is 3.72. The Balaban J connectivity index is 3.86. The standard InChI is InChI=1S/C6H11N3O2/c1-4-5(10)8-9(3)6(11)7-2/h4H,1H2,2-3H3,(H,7,11)(H,8,10). The van der Waals surface area contributed by atoms with Gasteiger partial charge in [0.1, 0.15) is 0 Å². The molecule has 0 saturated heterocycles. The summed E-state index contributed by atoms with van der Waals surface area (Å²) in [4.78, 5) is 21.3. The molecule has 0 bridgehead atoms. The Morgan fingerprint density at radius 2 is 2.09 bits per heavy atom. The third kappa shape index (κ3) is 3.24. The molecule has 62 valence electrons. The largest absolute Gasteiger partial charge is 0.340 e. The van der Waals surface area contributed by atoms with E-state index < -0.39 is 5.91 Å². The van der Waals surface area contributed by atoms with E-state index in [2.05, 4.69) is 17.3 Å². The van der Waals surface area contributed by atoms with Gasteiger partial charge in [0.15, 0.2) is 0 Å². The molecule has 0 heterocycles. The monoisotopic (exact) mass is 157 g/mol. The molecule has 0 saturated carbocycles. The molecule has 0 aromatic carbocycles. The summed E-state index contributed by atoms with van der Waals surface area (Å²) in [6.45, 7) is 3.23. The molecule has 5 nitrogen and oxygen atoms in total. The van der Waals surface area contributed by atoms with Crippen LogP contribution >= 0.6 is 0 Å². The maximum atomic E-state index is 10.7. The number of hydrazine groups is 1. The Labute approximate surface area is 65.0 Å². The summed E-state index contributed by atoms with van der Waals surface area (Å²) in [5, 5.41) is 3.36. The van der Waals surface area contributed by atoms with E-state index in [4.69, 9.17) is 0 Å². The number of urea groups is 1. The van der Waals surface area contributed by atoms with Crippen LogP contribution in [0.15, 0.2) is 12.7 Å². The summed E-state index contributed by atoms with van der Waals surface area (Å²) in [6.07, 6.45) is 1.08. The highest BCUT2D eigenvalue weighted by Crippen LogP contribution is 1.76. The molecule has 0 aliphatic heterocycles. The fourth-order valence-electron chi connectivity index (χ4n) is 0.429. The number of hydrogen-bond donors (Lipinski definition) is 2. The number of hydrogen-bond acceptors (Lipinski definition) is 2. The lowest BCUT2D eigenvalue weighted by molar-refractivity contribution is -0.119. The van der Waals surface area contributed by atoms with Gasteiger partial charge in [-0.15, -0.1) is 0 Å². The number of carbonyl (C=O) groups excluding carboxylic acids is 2. The minimum atomic E-state index is -0.420. The van der Waals surface area contributed by atoms with Crippen molar-refractivity contribution in [3.63, 3.8) is 0 Å². The molecule has 2 N–H and O–H groups in total. The molecule has 0 rings (SSSR count). The predicted molar refractivity (Wildman–Crippen MR) is 40.6 cm³/mol. The Bertz CT molecular complexity index is 179. The van der Waals surface area contributed by atoms with Gasteiger partial charge in [-0.25, -0.2) is 9.80 Å². The van der Waals surface area contributed by atoms with Gasteiger partial charge < -0.3 is 5.32 Å². The van der Waals surface area contributed by atoms with Crippen molar-refractivity contribution in [1.29, 1.82) is 0 Å². The Hall–Kier alpha value is -1.52. The first-order chi connectivity index (χ1) is 5.11. The average molecular weight is 157 g/mol. The number of carbonyl (C=O) groups is 2. The van der Waals surface area contributed by atoms with E-state index >= 15 is 0 Å². The third-order valence-corrected chi connectivity index (χ3v) is 0.982. The van der Waals surface area contributed by atoms with Crippen LogP contribution in [0.4, 0.5) is 4.79 Å². The van der Waals surface area contributed by atoms with Crippen molar-refractivity contribution in [2.24, 2.45) is 0 Å². The molecule has 0 atom stereocenters. The van der Waals surface area contributed by atoms with Gasteiger partial charge in [0.25, 0.3) is 5.91 Å². The van der Waals surface area contributed by atoms with Crippen LogP contribution in [0.1, 0.15) is 0 Å². The molecular formula is C6H11N3O2. The van der Waals surface area contributed by atoms with E-state index in [9.17, 15) is 9.59 Å². The number of amides is 3. The molecular weight excluding hydrogens is 146 g/mol. The van der Waals surface area contributed by atoms with E-state index in [0.29, 0.717) is 0 Å². The van der Waals surface area contributed by atoms with Gasteiger partial charge in [-0.3, -0.25) is 10.2 Å². The quantitative estimate of drug-likeness (QED) is 0.397. The van der Waals surface area contributed by atoms with Crippen molar-refractivity contribution < 1.29 is 9.59 Å². The minimum absolute atomic E-state index is 0.389. The van der Waals surface area contributed by atoms with Crippen molar-refractivity contribution in [2.45, 2.75) is 0 Å². The van der Waals surface area contributed by atoms with Crippen molar-refractivity contribution in [3.8, 4) is 0 Å². The SMILES string of the molecule is C=CC(=O)NN(C)C(=O)NC. The predicted octanol–water partition coefficient (Wildman–Crippen LogP) is -0.525. The van der Waals surface area contributed by atoms with Crippen molar-refractivity contribution in [2.75, 3.05) is 14.1 Å². The zero-order chi connectivity index (χ0) is 8.85. The van der Waals surface area contributed by atoms with Gasteiger partial charge in [0.2, 0.25) is 0 Å². The van der Waals surface area contributed by atoms with Crippen LogP contribution in [0.2, 0.25) is 0 Å². The van der Waals surface area contributed by atoms with Crippen molar-refractivity contribution >= 4 is 11.9 Å². The zero-order valence-electron chi connectivity index (χ0n) is 6.55. The lowest BCUT2D eigenvalue weighted by Gasteiger charge is -2.15. The number of nitrogens with zero attached hydrogens (tertiary/aromatic N) is 1. The molecule has 0 spiro atoms. The van der Waals surface area contributed by atoms with E-state index in [1.807, 2.05) is 0 Å². The summed E-state index contributed by atoms with van der Waals surface area (Å²) >= 11 is 0. The van der Waals surface area contributed by atoms with Gasteiger partial charge in [-0.1, -0.05) is 6.58 Å². The van der Waals surface area contributed by atoms with Crippen LogP contribution in [0.5, 0.6) is 0 Å². The molecule has 0 unspecified atom stereocenters. The second-order valence-corrected chi connectivity index (χ2v) is 1.79. The Morgan fingerprint density at radius 3 is 2.45 bits per heavy atom. The van der Waals surface area contributed by atoms with E-state index in [-0.39, 0.29) is 6.03 Å². The first kappa shape index (κ1) is 9.48. The summed E-state index contributed by atoms with van der Waals surface area (Å²) in [5.74, 6) is -0.420. The van der Waals surface area contributed by atoms with Gasteiger partial charge in [0.05, 0.1) is 0 Å². The molecule has 11 heavy (non-hydrogen) atoms. The summed E-state index contributed by atoms with van der Waals surface area (Å²) in [6, 6.07) is -0.389. The average Bonchev–Trinajstić information content (AvgIpc) is 2.02. The van der Waals surface area contributed by atoms with Crippen LogP contribution in [-0.4, -0.2) is 31.0 Å². The highest BCUT2D eigenvalue weighted by atomic mass is 16.2. The van der Waals surface area contributed by atoms with Crippen LogP contribution < -0.4 is 10.7 Å². The molecule has 0 aromatic rings. The van der Waals surface area contributed by atoms with E-state index in [1.54, 1.807) is 0 Å². The Morgan fingerprint density at radius 1 is 1.55 bits per heavy atom. The topological polar surface area (TPSA) is 61.4 Å². The lowest BCUT2D eigenvalue weighted by atomic mass is 10.6. The molecule has 5 heteroatoms. The van der Waals surface area contributed by atoms with Crippen LogP contribution in [0.3, 0.4) is 0 Å². The van der Waals surface area contributed by atoms with Crippen molar-refractivity contribution in [1.82, 2.24) is 15.8 Å². The molecule has 3 amide bonds. The molecule has 0 aromatic heterocycles. The minimum Gasteiger partial charge on any atom is -0.340 e. The van der Waals surface area contributed by atoms with Gasteiger partial charge in [0, 0.05) is 14.1 Å². The second kappa shape index (κ2) is 4.32. The van der Waals surface area contributed by atoms with Gasteiger partial charge in [-0.2, -0.15) is 0 Å². The van der Waals surface area contributed by atoms with E-state index in [1.165, 1.54) is 14.1 Å². The maximum absolute atomic E-state index is 10.7. The molecule has 0 aliphatic rings. The highest BCUT2D eigenvalue weighted by Gasteiger charge is 2.05. The zero-order valence-corrected chi connectivity index (χ0v) is 6.55.